The predicted octanol–water partition coefficient (Wildman–Crippen LogP) is 8.04. The number of aromatic nitrogens is 1. The molecule has 1 aliphatic carbocycles. The maximum atomic E-state index is 13.9. The third-order valence-corrected chi connectivity index (χ3v) is 8.81. The number of fused-ring (bicyclic) bond motifs is 3. The Labute approximate surface area is 258 Å². The van der Waals surface area contributed by atoms with E-state index in [1.165, 1.54) is 0 Å². The first-order chi connectivity index (χ1) is 21.2. The highest BCUT2D eigenvalue weighted by molar-refractivity contribution is 5.99. The van der Waals surface area contributed by atoms with Crippen molar-refractivity contribution in [2.75, 3.05) is 6.61 Å². The van der Waals surface area contributed by atoms with Crippen molar-refractivity contribution in [2.45, 2.75) is 77.0 Å². The molecule has 0 radical (unpaired) electrons. The second kappa shape index (κ2) is 12.3. The minimum absolute atomic E-state index is 0.170. The highest BCUT2D eigenvalue weighted by Crippen LogP contribution is 2.46. The van der Waals surface area contributed by atoms with E-state index in [2.05, 4.69) is 11.1 Å². The van der Waals surface area contributed by atoms with Gasteiger partial charge in [-0.2, -0.15) is 0 Å². The molecule has 6 rings (SSSR count). The van der Waals surface area contributed by atoms with Gasteiger partial charge in [-0.3, -0.25) is 9.69 Å². The standard InChI is InChI=1S/C37H40N2O5/c1-37(2,3)44-36(42)39-31(35(41)43-23-32(40)26-20-18-25(19-21-26)24-12-6-4-7-13-24)22-29-28-16-10-11-17-30(28)38-33(29)34(39)27-14-8-5-9-15-27/h4,6-7,10-13,16-21,27,31,34,38H,5,8-9,14-15,22-23H2,1-3H3/t31-,34-/m1/s1. The molecule has 1 amide bonds. The average molecular weight is 593 g/mol. The summed E-state index contributed by atoms with van der Waals surface area (Å²) in [6.45, 7) is 5.08. The van der Waals surface area contributed by atoms with Gasteiger partial charge in [0.2, 0.25) is 0 Å². The van der Waals surface area contributed by atoms with Crippen molar-refractivity contribution in [3.05, 3.63) is 95.7 Å². The smallest absolute Gasteiger partial charge is 0.411 e. The molecule has 1 aliphatic heterocycles. The van der Waals surface area contributed by atoms with Crippen LogP contribution in [-0.4, -0.2) is 46.0 Å². The van der Waals surface area contributed by atoms with E-state index in [9.17, 15) is 14.4 Å². The molecule has 7 nitrogen and oxygen atoms in total. The Kier molecular flexibility index (Phi) is 8.30. The lowest BCUT2D eigenvalue weighted by Crippen LogP contribution is -2.55. The number of H-pyrrole nitrogens is 1. The number of carbonyl (C=O) groups excluding carboxylic acids is 3. The van der Waals surface area contributed by atoms with E-state index in [0.717, 1.165) is 65.4 Å². The maximum Gasteiger partial charge on any atom is 0.411 e. The Bertz CT molecular complexity index is 1640. The molecular weight excluding hydrogens is 552 g/mol. The van der Waals surface area contributed by atoms with Crippen LogP contribution in [0.3, 0.4) is 0 Å². The van der Waals surface area contributed by atoms with Crippen molar-refractivity contribution in [2.24, 2.45) is 5.92 Å². The second-order valence-corrected chi connectivity index (χ2v) is 13.0. The fraction of sp³-hybridized carbons (Fsp3) is 0.378. The molecule has 0 saturated heterocycles. The number of aromatic amines is 1. The molecule has 0 spiro atoms. The number of nitrogens with zero attached hydrogens (tertiary/aromatic N) is 1. The van der Waals surface area contributed by atoms with Crippen LogP contribution in [0.15, 0.2) is 78.9 Å². The van der Waals surface area contributed by atoms with E-state index in [1.54, 1.807) is 17.0 Å². The van der Waals surface area contributed by atoms with Gasteiger partial charge in [0.15, 0.2) is 12.4 Å². The van der Waals surface area contributed by atoms with Crippen molar-refractivity contribution >= 4 is 28.7 Å². The first kappa shape index (κ1) is 29.7. The van der Waals surface area contributed by atoms with Crippen molar-refractivity contribution in [1.82, 2.24) is 9.88 Å². The SMILES string of the molecule is CC(C)(C)OC(=O)N1[C@@H](C(=O)OCC(=O)c2ccc(-c3ccccc3)cc2)Cc2c([nH]c3ccccc23)[C@H]1C1CCCCC1. The first-order valence-corrected chi connectivity index (χ1v) is 15.7. The Morgan fingerprint density at radius 2 is 1.50 bits per heavy atom. The first-order valence-electron chi connectivity index (χ1n) is 15.7. The topological polar surface area (TPSA) is 88.7 Å². The summed E-state index contributed by atoms with van der Waals surface area (Å²) in [5.41, 5.74) is 4.75. The van der Waals surface area contributed by atoms with Crippen LogP contribution in [-0.2, 0) is 20.7 Å². The molecule has 44 heavy (non-hydrogen) atoms. The van der Waals surface area contributed by atoms with Crippen LogP contribution in [0.1, 0.15) is 80.5 Å². The molecule has 228 valence electrons. The van der Waals surface area contributed by atoms with E-state index in [-0.39, 0.29) is 24.2 Å². The summed E-state index contributed by atoms with van der Waals surface area (Å²) in [6, 6.07) is 24.0. The molecule has 2 heterocycles. The molecule has 1 saturated carbocycles. The molecule has 1 fully saturated rings. The second-order valence-electron chi connectivity index (χ2n) is 13.0. The highest BCUT2D eigenvalue weighted by Gasteiger charge is 2.48. The van der Waals surface area contributed by atoms with Crippen LogP contribution >= 0.6 is 0 Å². The maximum absolute atomic E-state index is 13.9. The number of ether oxygens (including phenoxy) is 2. The van der Waals surface area contributed by atoms with Gasteiger partial charge < -0.3 is 14.5 Å². The number of para-hydroxylation sites is 1. The number of amides is 1. The Morgan fingerprint density at radius 3 is 2.20 bits per heavy atom. The number of benzene rings is 3. The molecule has 0 bridgehead atoms. The van der Waals surface area contributed by atoms with Crippen molar-refractivity contribution in [3.8, 4) is 11.1 Å². The van der Waals surface area contributed by atoms with Gasteiger partial charge >= 0.3 is 12.1 Å². The number of hydrogen-bond donors (Lipinski definition) is 1. The fourth-order valence-electron chi connectivity index (χ4n) is 6.78. The summed E-state index contributed by atoms with van der Waals surface area (Å²) < 4.78 is 11.6. The molecule has 2 aliphatic rings. The summed E-state index contributed by atoms with van der Waals surface area (Å²) >= 11 is 0. The molecule has 3 aromatic carbocycles. The zero-order chi connectivity index (χ0) is 30.8. The predicted molar refractivity (Wildman–Crippen MR) is 170 cm³/mol. The highest BCUT2D eigenvalue weighted by atomic mass is 16.6. The van der Waals surface area contributed by atoms with Gasteiger partial charge in [-0.05, 0) is 62.3 Å². The zero-order valence-electron chi connectivity index (χ0n) is 25.7. The number of rotatable bonds is 6. The van der Waals surface area contributed by atoms with E-state index in [0.29, 0.717) is 5.56 Å². The van der Waals surface area contributed by atoms with Crippen molar-refractivity contribution < 1.29 is 23.9 Å². The lowest BCUT2D eigenvalue weighted by molar-refractivity contribution is -0.151. The van der Waals surface area contributed by atoms with E-state index >= 15 is 0 Å². The van der Waals surface area contributed by atoms with Gasteiger partial charge in [0, 0.05) is 28.6 Å². The van der Waals surface area contributed by atoms with Gasteiger partial charge in [0.05, 0.1) is 6.04 Å². The summed E-state index contributed by atoms with van der Waals surface area (Å²) in [7, 11) is 0. The van der Waals surface area contributed by atoms with Crippen molar-refractivity contribution in [1.29, 1.82) is 0 Å². The average Bonchev–Trinajstić information content (AvgIpc) is 3.41. The molecule has 4 aromatic rings. The van der Waals surface area contributed by atoms with Gasteiger partial charge in [-0.15, -0.1) is 0 Å². The third kappa shape index (κ3) is 6.14. The molecule has 1 N–H and O–H groups in total. The monoisotopic (exact) mass is 592 g/mol. The van der Waals surface area contributed by atoms with Crippen LogP contribution in [0.5, 0.6) is 0 Å². The number of carbonyl (C=O) groups is 3. The number of nitrogens with one attached hydrogen (secondary N) is 1. The van der Waals surface area contributed by atoms with Gasteiger partial charge in [-0.1, -0.05) is 92.1 Å². The van der Waals surface area contributed by atoms with E-state index in [4.69, 9.17) is 9.47 Å². The summed E-state index contributed by atoms with van der Waals surface area (Å²) in [4.78, 5) is 46.2. The minimum atomic E-state index is -0.920. The summed E-state index contributed by atoms with van der Waals surface area (Å²) in [5, 5.41) is 1.04. The van der Waals surface area contributed by atoms with E-state index in [1.807, 2.05) is 81.4 Å². The number of hydrogen-bond acceptors (Lipinski definition) is 5. The van der Waals surface area contributed by atoms with Gasteiger partial charge in [-0.25, -0.2) is 9.59 Å². The molecule has 1 aromatic heterocycles. The zero-order valence-corrected chi connectivity index (χ0v) is 25.7. The van der Waals surface area contributed by atoms with Crippen LogP contribution in [0.25, 0.3) is 22.0 Å². The van der Waals surface area contributed by atoms with E-state index < -0.39 is 30.3 Å². The van der Waals surface area contributed by atoms with Crippen molar-refractivity contribution in [3.63, 3.8) is 0 Å². The van der Waals surface area contributed by atoms with Crippen LogP contribution < -0.4 is 0 Å². The lowest BCUT2D eigenvalue weighted by Gasteiger charge is -2.45. The number of Topliss-reactive ketones (excluding diaryl/α,β-unsaturated/α-hetero) is 1. The fourth-order valence-corrected chi connectivity index (χ4v) is 6.78. The van der Waals surface area contributed by atoms with Crippen LogP contribution in [0, 0.1) is 5.92 Å². The van der Waals surface area contributed by atoms with Gasteiger partial charge in [0.25, 0.3) is 0 Å². The minimum Gasteiger partial charge on any atom is -0.456 e. The van der Waals surface area contributed by atoms with Crippen LogP contribution in [0.2, 0.25) is 0 Å². The Hall–Kier alpha value is -4.39. The van der Waals surface area contributed by atoms with Gasteiger partial charge in [0.1, 0.15) is 11.6 Å². The van der Waals surface area contributed by atoms with Crippen LogP contribution in [0.4, 0.5) is 4.79 Å². The summed E-state index contributed by atoms with van der Waals surface area (Å²) in [6.07, 6.45) is 4.96. The largest absolute Gasteiger partial charge is 0.456 e. The molecule has 2 atom stereocenters. The Balaban J connectivity index is 1.29. The lowest BCUT2D eigenvalue weighted by atomic mass is 9.78. The molecular formula is C37H40N2O5. The summed E-state index contributed by atoms with van der Waals surface area (Å²) in [5.74, 6) is -0.723. The molecule has 7 heteroatoms. The quantitative estimate of drug-likeness (QED) is 0.181. The Morgan fingerprint density at radius 1 is 0.841 bits per heavy atom. The number of ketones is 1. The normalized spacial score (nSPS) is 18.9. The third-order valence-electron chi connectivity index (χ3n) is 8.81. The molecule has 0 unspecified atom stereocenters. The number of esters is 1.